The average molecular weight is 390 g/mol. The van der Waals surface area contributed by atoms with Crippen LogP contribution in [0.15, 0.2) is 9.63 Å². The van der Waals surface area contributed by atoms with E-state index in [0.717, 1.165) is 18.2 Å². The van der Waals surface area contributed by atoms with Crippen LogP contribution in [0.3, 0.4) is 0 Å². The molecule has 1 aromatic heterocycles. The molecule has 1 atom stereocenters. The molecular formula is C8H14Br2N4O2S. The van der Waals surface area contributed by atoms with Gasteiger partial charge in [0.25, 0.3) is 10.0 Å². The van der Waals surface area contributed by atoms with Gasteiger partial charge in [0.1, 0.15) is 0 Å². The van der Waals surface area contributed by atoms with Gasteiger partial charge < -0.3 is 0 Å². The van der Waals surface area contributed by atoms with E-state index in [0.29, 0.717) is 0 Å². The van der Waals surface area contributed by atoms with Crippen LogP contribution in [0.5, 0.6) is 0 Å². The molecule has 1 N–H and O–H groups in total. The molecule has 1 rings (SSSR count). The Balaban J connectivity index is 2.96. The van der Waals surface area contributed by atoms with Gasteiger partial charge in [0.2, 0.25) is 5.03 Å². The van der Waals surface area contributed by atoms with Crippen molar-refractivity contribution in [3.05, 3.63) is 4.60 Å². The van der Waals surface area contributed by atoms with Crippen LogP contribution in [0.2, 0.25) is 0 Å². The van der Waals surface area contributed by atoms with Gasteiger partial charge in [-0.05, 0) is 28.8 Å². The number of aryl methyl sites for hydroxylation is 1. The van der Waals surface area contributed by atoms with Crippen LogP contribution in [0.4, 0.5) is 0 Å². The number of hydrogen-bond acceptors (Lipinski definition) is 4. The third-order valence-corrected chi connectivity index (χ3v) is 5.13. The van der Waals surface area contributed by atoms with Crippen LogP contribution in [-0.2, 0) is 17.1 Å². The van der Waals surface area contributed by atoms with E-state index in [1.807, 2.05) is 6.92 Å². The largest absolute Gasteiger partial charge is 0.260 e. The Morgan fingerprint density at radius 3 is 2.59 bits per heavy atom. The van der Waals surface area contributed by atoms with E-state index in [4.69, 9.17) is 0 Å². The molecule has 98 valence electrons. The Bertz CT molecular complexity index is 454. The van der Waals surface area contributed by atoms with E-state index >= 15 is 0 Å². The normalized spacial score (nSPS) is 13.9. The fourth-order valence-electron chi connectivity index (χ4n) is 1.36. The molecule has 9 heteroatoms. The molecule has 0 aliphatic carbocycles. The molecule has 1 aromatic rings. The first-order valence-electron chi connectivity index (χ1n) is 5.05. The highest BCUT2D eigenvalue weighted by Crippen LogP contribution is 2.18. The number of alkyl halides is 1. The van der Waals surface area contributed by atoms with E-state index in [1.165, 1.54) is 11.7 Å². The first kappa shape index (κ1) is 15.1. The highest BCUT2D eigenvalue weighted by molar-refractivity contribution is 9.10. The minimum absolute atomic E-state index is 0.0468. The van der Waals surface area contributed by atoms with E-state index in [1.54, 1.807) is 0 Å². The summed E-state index contributed by atoms with van der Waals surface area (Å²) in [4.78, 5) is 0. The molecule has 0 saturated heterocycles. The van der Waals surface area contributed by atoms with Gasteiger partial charge in [-0.3, -0.25) is 0 Å². The van der Waals surface area contributed by atoms with E-state index in [-0.39, 0.29) is 15.7 Å². The second-order valence-corrected chi connectivity index (χ2v) is 6.69. The van der Waals surface area contributed by atoms with Gasteiger partial charge in [-0.25, -0.2) is 17.8 Å². The lowest BCUT2D eigenvalue weighted by atomic mass is 10.2. The molecule has 1 heterocycles. The van der Waals surface area contributed by atoms with Crippen molar-refractivity contribution >= 4 is 41.9 Å². The van der Waals surface area contributed by atoms with Crippen LogP contribution in [0.25, 0.3) is 0 Å². The fourth-order valence-corrected chi connectivity index (χ4v) is 4.36. The maximum Gasteiger partial charge on any atom is 0.260 e. The van der Waals surface area contributed by atoms with Crippen molar-refractivity contribution in [2.75, 3.05) is 5.33 Å². The van der Waals surface area contributed by atoms with Gasteiger partial charge in [0.15, 0.2) is 4.60 Å². The highest BCUT2D eigenvalue weighted by Gasteiger charge is 2.26. The highest BCUT2D eigenvalue weighted by atomic mass is 79.9. The zero-order valence-electron chi connectivity index (χ0n) is 9.52. The SMILES string of the molecule is CCC(CCBr)NS(=O)(=O)c1c(Br)nnn1C. The lowest BCUT2D eigenvalue weighted by Gasteiger charge is -2.15. The molecule has 6 nitrogen and oxygen atoms in total. The van der Waals surface area contributed by atoms with E-state index < -0.39 is 10.0 Å². The molecule has 0 radical (unpaired) electrons. The van der Waals surface area contributed by atoms with Crippen LogP contribution in [-0.4, -0.2) is 34.8 Å². The second kappa shape index (κ2) is 6.26. The lowest BCUT2D eigenvalue weighted by Crippen LogP contribution is -2.35. The van der Waals surface area contributed by atoms with Crippen molar-refractivity contribution in [1.82, 2.24) is 19.7 Å². The average Bonchev–Trinajstić information content (AvgIpc) is 2.58. The van der Waals surface area contributed by atoms with Gasteiger partial charge in [-0.2, -0.15) is 0 Å². The summed E-state index contributed by atoms with van der Waals surface area (Å²) in [7, 11) is -2.05. The van der Waals surface area contributed by atoms with Crippen LogP contribution in [0, 0.1) is 0 Å². The Kier molecular flexibility index (Phi) is 5.55. The Labute approximate surface area is 117 Å². The number of nitrogens with zero attached hydrogens (tertiary/aromatic N) is 3. The molecule has 17 heavy (non-hydrogen) atoms. The van der Waals surface area contributed by atoms with Crippen molar-refractivity contribution in [3.8, 4) is 0 Å². The minimum atomic E-state index is -3.59. The predicted octanol–water partition coefficient (Wildman–Crippen LogP) is 1.42. The smallest absolute Gasteiger partial charge is 0.235 e. The first-order valence-corrected chi connectivity index (χ1v) is 8.45. The molecule has 0 amide bonds. The summed E-state index contributed by atoms with van der Waals surface area (Å²) in [6.45, 7) is 1.94. The monoisotopic (exact) mass is 388 g/mol. The summed E-state index contributed by atoms with van der Waals surface area (Å²) in [6.07, 6.45) is 1.46. The zero-order chi connectivity index (χ0) is 13.1. The molecule has 0 aromatic carbocycles. The minimum Gasteiger partial charge on any atom is -0.235 e. The Morgan fingerprint density at radius 2 is 2.18 bits per heavy atom. The lowest BCUT2D eigenvalue weighted by molar-refractivity contribution is 0.521. The topological polar surface area (TPSA) is 76.9 Å². The molecule has 0 aliphatic heterocycles. The summed E-state index contributed by atoms with van der Waals surface area (Å²) >= 11 is 6.38. The van der Waals surface area contributed by atoms with Crippen molar-refractivity contribution in [2.24, 2.45) is 7.05 Å². The van der Waals surface area contributed by atoms with Crippen molar-refractivity contribution in [3.63, 3.8) is 0 Å². The Hall–Kier alpha value is 0.0100. The molecular weight excluding hydrogens is 376 g/mol. The second-order valence-electron chi connectivity index (χ2n) is 3.51. The summed E-state index contributed by atoms with van der Waals surface area (Å²) in [5.74, 6) is 0. The first-order chi connectivity index (χ1) is 7.92. The summed E-state index contributed by atoms with van der Waals surface area (Å²) < 4.78 is 28.3. The maximum atomic E-state index is 12.1. The van der Waals surface area contributed by atoms with E-state index in [2.05, 4.69) is 46.9 Å². The van der Waals surface area contributed by atoms with Crippen LogP contribution >= 0.6 is 31.9 Å². The fraction of sp³-hybridized carbons (Fsp3) is 0.750. The summed E-state index contributed by atoms with van der Waals surface area (Å²) in [5, 5.41) is 8.11. The third-order valence-electron chi connectivity index (χ3n) is 2.26. The molecule has 0 bridgehead atoms. The molecule has 0 fully saturated rings. The van der Waals surface area contributed by atoms with Crippen LogP contribution in [0.1, 0.15) is 19.8 Å². The molecule has 0 saturated carbocycles. The quantitative estimate of drug-likeness (QED) is 0.746. The Morgan fingerprint density at radius 1 is 1.53 bits per heavy atom. The van der Waals surface area contributed by atoms with Gasteiger partial charge in [-0.15, -0.1) is 5.10 Å². The van der Waals surface area contributed by atoms with Crippen molar-refractivity contribution < 1.29 is 8.42 Å². The van der Waals surface area contributed by atoms with Gasteiger partial charge in [0, 0.05) is 18.4 Å². The van der Waals surface area contributed by atoms with Gasteiger partial charge >= 0.3 is 0 Å². The molecule has 1 unspecified atom stereocenters. The van der Waals surface area contributed by atoms with Gasteiger partial charge in [0.05, 0.1) is 0 Å². The number of nitrogens with one attached hydrogen (secondary N) is 1. The predicted molar refractivity (Wildman–Crippen MR) is 71.5 cm³/mol. The van der Waals surface area contributed by atoms with Gasteiger partial charge in [-0.1, -0.05) is 28.1 Å². The number of sulfonamides is 1. The third kappa shape index (κ3) is 3.73. The number of halogens is 2. The number of hydrogen-bond donors (Lipinski definition) is 1. The van der Waals surface area contributed by atoms with E-state index in [9.17, 15) is 8.42 Å². The number of aromatic nitrogens is 3. The standard InChI is InChI=1S/C8H14Br2N4O2S/c1-3-6(4-5-9)12-17(15,16)8-7(10)11-13-14(8)2/h6,12H,3-5H2,1-2H3. The molecule has 0 spiro atoms. The zero-order valence-corrected chi connectivity index (χ0v) is 13.5. The molecule has 0 aliphatic rings. The van der Waals surface area contributed by atoms with Crippen molar-refractivity contribution in [2.45, 2.75) is 30.8 Å². The van der Waals surface area contributed by atoms with Crippen molar-refractivity contribution in [1.29, 1.82) is 0 Å². The van der Waals surface area contributed by atoms with Crippen LogP contribution < -0.4 is 4.72 Å². The number of rotatable bonds is 6. The summed E-state index contributed by atoms with van der Waals surface area (Å²) in [5.41, 5.74) is 0. The maximum absolute atomic E-state index is 12.1. The summed E-state index contributed by atoms with van der Waals surface area (Å²) in [6, 6.07) is -0.0961.